The van der Waals surface area contributed by atoms with Gasteiger partial charge in [0.2, 0.25) is 5.82 Å². The first-order valence-corrected chi connectivity index (χ1v) is 13.2. The van der Waals surface area contributed by atoms with Crippen LogP contribution in [0.15, 0.2) is 84.9 Å². The monoisotopic (exact) mass is 500 g/mol. The lowest BCUT2D eigenvalue weighted by Gasteiger charge is -2.11. The van der Waals surface area contributed by atoms with E-state index in [1.54, 1.807) is 6.07 Å². The molecule has 0 bridgehead atoms. The second-order valence-electron chi connectivity index (χ2n) is 9.18. The molecule has 0 atom stereocenters. The van der Waals surface area contributed by atoms with E-state index in [4.69, 9.17) is 9.47 Å². The minimum Gasteiger partial charge on any atom is -0.494 e. The minimum absolute atomic E-state index is 0.0412. The molecular weight excluding hydrogens is 466 g/mol. The predicted octanol–water partition coefficient (Wildman–Crippen LogP) is 9.71. The van der Waals surface area contributed by atoms with Crippen LogP contribution in [0.3, 0.4) is 0 Å². The van der Waals surface area contributed by atoms with E-state index >= 15 is 0 Å². The molecule has 4 aromatic carbocycles. The Bertz CT molecular complexity index is 1260. The molecule has 0 amide bonds. The van der Waals surface area contributed by atoms with Crippen molar-refractivity contribution in [1.82, 2.24) is 0 Å². The highest BCUT2D eigenvalue weighted by atomic mass is 19.2. The Labute approximate surface area is 218 Å². The van der Waals surface area contributed by atoms with Crippen molar-refractivity contribution in [1.29, 1.82) is 0 Å². The molecule has 0 N–H and O–H groups in total. The number of hydrogen-bond donors (Lipinski definition) is 0. The number of unbranched alkanes of at least 4 members (excludes halogenated alkanes) is 3. The summed E-state index contributed by atoms with van der Waals surface area (Å²) in [5.41, 5.74) is 5.15. The van der Waals surface area contributed by atoms with E-state index in [9.17, 15) is 8.78 Å². The molecule has 37 heavy (non-hydrogen) atoms. The Morgan fingerprint density at radius 2 is 0.973 bits per heavy atom. The highest BCUT2D eigenvalue weighted by molar-refractivity contribution is 5.73. The topological polar surface area (TPSA) is 18.5 Å². The Balaban J connectivity index is 1.43. The van der Waals surface area contributed by atoms with Crippen molar-refractivity contribution < 1.29 is 18.3 Å². The average molecular weight is 501 g/mol. The minimum atomic E-state index is -0.940. The fourth-order valence-electron chi connectivity index (χ4n) is 4.18. The van der Waals surface area contributed by atoms with Gasteiger partial charge in [-0.2, -0.15) is 4.39 Å². The van der Waals surface area contributed by atoms with E-state index in [0.29, 0.717) is 12.2 Å². The molecular formula is C33H34F2O2. The van der Waals surface area contributed by atoms with Gasteiger partial charge >= 0.3 is 0 Å². The zero-order chi connectivity index (χ0) is 26.0. The number of benzene rings is 4. The maximum Gasteiger partial charge on any atom is 0.201 e. The standard InChI is InChI=1S/C33H34F2O2/c1-3-5-7-23-36-29-18-16-27(17-19-29)25-10-8-24(9-11-25)26-12-14-28(15-13-26)30-20-21-31(33(35)32(30)34)37-22-6-4-2/h8-21H,3-7,22-23H2,1-2H3. The molecule has 0 heterocycles. The molecule has 4 rings (SSSR count). The maximum absolute atomic E-state index is 14.7. The molecule has 192 valence electrons. The molecule has 0 saturated carbocycles. The second kappa shape index (κ2) is 13.0. The van der Waals surface area contributed by atoms with Crippen molar-refractivity contribution in [2.45, 2.75) is 46.0 Å². The Morgan fingerprint density at radius 1 is 0.486 bits per heavy atom. The van der Waals surface area contributed by atoms with E-state index in [1.807, 2.05) is 43.3 Å². The highest BCUT2D eigenvalue weighted by Crippen LogP contribution is 2.32. The van der Waals surface area contributed by atoms with E-state index in [0.717, 1.165) is 53.9 Å². The van der Waals surface area contributed by atoms with Crippen LogP contribution in [0.25, 0.3) is 33.4 Å². The number of ether oxygens (including phenoxy) is 2. The van der Waals surface area contributed by atoms with Gasteiger partial charge < -0.3 is 9.47 Å². The van der Waals surface area contributed by atoms with Crippen molar-refractivity contribution in [3.05, 3.63) is 96.6 Å². The maximum atomic E-state index is 14.7. The zero-order valence-electron chi connectivity index (χ0n) is 21.6. The van der Waals surface area contributed by atoms with E-state index < -0.39 is 11.6 Å². The molecule has 0 radical (unpaired) electrons. The normalized spacial score (nSPS) is 10.9. The summed E-state index contributed by atoms with van der Waals surface area (Å²) in [7, 11) is 0. The summed E-state index contributed by atoms with van der Waals surface area (Å²) < 4.78 is 40.4. The number of rotatable bonds is 12. The van der Waals surface area contributed by atoms with Crippen molar-refractivity contribution in [3.8, 4) is 44.9 Å². The zero-order valence-corrected chi connectivity index (χ0v) is 21.6. The van der Waals surface area contributed by atoms with Gasteiger partial charge in [-0.1, -0.05) is 93.8 Å². The first-order chi connectivity index (χ1) is 18.1. The molecule has 4 heteroatoms. The lowest BCUT2D eigenvalue weighted by atomic mass is 9.98. The summed E-state index contributed by atoms with van der Waals surface area (Å²) in [6, 6.07) is 27.1. The fraction of sp³-hybridized carbons (Fsp3) is 0.273. The third-order valence-electron chi connectivity index (χ3n) is 6.42. The smallest absolute Gasteiger partial charge is 0.201 e. The largest absolute Gasteiger partial charge is 0.494 e. The molecule has 2 nitrogen and oxygen atoms in total. The Hall–Kier alpha value is -3.66. The summed E-state index contributed by atoms with van der Waals surface area (Å²) in [5, 5.41) is 0. The average Bonchev–Trinajstić information content (AvgIpc) is 2.94. The van der Waals surface area contributed by atoms with Crippen LogP contribution in [0.1, 0.15) is 46.0 Å². The molecule has 4 aromatic rings. The highest BCUT2D eigenvalue weighted by Gasteiger charge is 2.16. The van der Waals surface area contributed by atoms with Crippen molar-refractivity contribution in [2.75, 3.05) is 13.2 Å². The third kappa shape index (κ3) is 6.76. The molecule has 0 spiro atoms. The van der Waals surface area contributed by atoms with Crippen LogP contribution in [0.5, 0.6) is 11.5 Å². The third-order valence-corrected chi connectivity index (χ3v) is 6.42. The van der Waals surface area contributed by atoms with Gasteiger partial charge in [-0.3, -0.25) is 0 Å². The lowest BCUT2D eigenvalue weighted by Crippen LogP contribution is -2.01. The van der Waals surface area contributed by atoms with Gasteiger partial charge in [-0.15, -0.1) is 0 Å². The summed E-state index contributed by atoms with van der Waals surface area (Å²) >= 11 is 0. The van der Waals surface area contributed by atoms with Gasteiger partial charge in [0, 0.05) is 5.56 Å². The molecule has 0 saturated heterocycles. The number of hydrogen-bond acceptors (Lipinski definition) is 2. The van der Waals surface area contributed by atoms with Gasteiger partial charge in [-0.25, -0.2) is 4.39 Å². The number of halogens is 2. The van der Waals surface area contributed by atoms with Crippen LogP contribution in [0.2, 0.25) is 0 Å². The Morgan fingerprint density at radius 3 is 1.51 bits per heavy atom. The molecule has 0 aromatic heterocycles. The van der Waals surface area contributed by atoms with Gasteiger partial charge in [0.1, 0.15) is 5.75 Å². The van der Waals surface area contributed by atoms with Crippen LogP contribution in [-0.4, -0.2) is 13.2 Å². The van der Waals surface area contributed by atoms with E-state index in [-0.39, 0.29) is 11.3 Å². The first kappa shape index (κ1) is 26.4. The first-order valence-electron chi connectivity index (χ1n) is 13.2. The van der Waals surface area contributed by atoms with Gasteiger partial charge in [-0.05, 0) is 64.9 Å². The van der Waals surface area contributed by atoms with Crippen LogP contribution >= 0.6 is 0 Å². The van der Waals surface area contributed by atoms with Crippen molar-refractivity contribution in [2.24, 2.45) is 0 Å². The SMILES string of the molecule is CCCCCOc1ccc(-c2ccc(-c3ccc(-c4ccc(OCCCC)c(F)c4F)cc3)cc2)cc1. The van der Waals surface area contributed by atoms with E-state index in [2.05, 4.69) is 43.3 Å². The molecule has 0 aliphatic rings. The summed E-state index contributed by atoms with van der Waals surface area (Å²) in [5.74, 6) is -0.972. The molecule has 0 fully saturated rings. The Kier molecular flexibility index (Phi) is 9.31. The molecule has 0 unspecified atom stereocenters. The van der Waals surface area contributed by atoms with Crippen LogP contribution in [0.4, 0.5) is 8.78 Å². The fourth-order valence-corrected chi connectivity index (χ4v) is 4.18. The summed E-state index contributed by atoms with van der Waals surface area (Å²) in [6.07, 6.45) is 5.17. The summed E-state index contributed by atoms with van der Waals surface area (Å²) in [6.45, 7) is 5.33. The molecule has 0 aliphatic heterocycles. The lowest BCUT2D eigenvalue weighted by molar-refractivity contribution is 0.289. The predicted molar refractivity (Wildman–Crippen MR) is 148 cm³/mol. The van der Waals surface area contributed by atoms with Crippen LogP contribution < -0.4 is 9.47 Å². The van der Waals surface area contributed by atoms with Crippen molar-refractivity contribution in [3.63, 3.8) is 0 Å². The second-order valence-corrected chi connectivity index (χ2v) is 9.18. The quantitative estimate of drug-likeness (QED) is 0.180. The van der Waals surface area contributed by atoms with Gasteiger partial charge in [0.25, 0.3) is 0 Å². The van der Waals surface area contributed by atoms with Crippen molar-refractivity contribution >= 4 is 0 Å². The summed E-state index contributed by atoms with van der Waals surface area (Å²) in [4.78, 5) is 0. The molecule has 0 aliphatic carbocycles. The van der Waals surface area contributed by atoms with Gasteiger partial charge in [0.15, 0.2) is 11.6 Å². The van der Waals surface area contributed by atoms with Gasteiger partial charge in [0.05, 0.1) is 13.2 Å². The van der Waals surface area contributed by atoms with Crippen LogP contribution in [0, 0.1) is 11.6 Å². The van der Waals surface area contributed by atoms with Crippen LogP contribution in [-0.2, 0) is 0 Å². The van der Waals surface area contributed by atoms with E-state index in [1.165, 1.54) is 18.9 Å².